The Morgan fingerprint density at radius 2 is 1.96 bits per heavy atom. The third kappa shape index (κ3) is 3.42. The molecular formula is C17H23N5O3. The molecule has 1 aliphatic rings. The van der Waals surface area contributed by atoms with E-state index in [-0.39, 0.29) is 5.91 Å². The number of nitrogens with zero attached hydrogens (tertiary/aromatic N) is 4. The molecule has 0 aliphatic heterocycles. The predicted octanol–water partition coefficient (Wildman–Crippen LogP) is 1.67. The summed E-state index contributed by atoms with van der Waals surface area (Å²) >= 11 is 0. The highest BCUT2D eigenvalue weighted by atomic mass is 16.5. The average molecular weight is 345 g/mol. The van der Waals surface area contributed by atoms with Gasteiger partial charge in [-0.1, -0.05) is 25.3 Å². The lowest BCUT2D eigenvalue weighted by Gasteiger charge is -2.35. The van der Waals surface area contributed by atoms with Crippen molar-refractivity contribution < 1.29 is 14.3 Å². The molecule has 1 saturated carbocycles. The number of carbonyl (C=O) groups excluding carboxylic acids is 1. The Kier molecular flexibility index (Phi) is 5.16. The van der Waals surface area contributed by atoms with Crippen LogP contribution >= 0.6 is 0 Å². The zero-order valence-electron chi connectivity index (χ0n) is 14.6. The smallest absolute Gasteiger partial charge is 0.248 e. The summed E-state index contributed by atoms with van der Waals surface area (Å²) in [6.45, 7) is 0.406. The van der Waals surface area contributed by atoms with Crippen molar-refractivity contribution in [2.24, 2.45) is 0 Å². The van der Waals surface area contributed by atoms with E-state index in [9.17, 15) is 4.79 Å². The average Bonchev–Trinajstić information content (AvgIpc) is 3.21. The molecule has 134 valence electrons. The predicted molar refractivity (Wildman–Crippen MR) is 90.3 cm³/mol. The van der Waals surface area contributed by atoms with Gasteiger partial charge < -0.3 is 14.8 Å². The molecule has 1 N–H and O–H groups in total. The number of ether oxygens (including phenoxy) is 2. The van der Waals surface area contributed by atoms with Crippen molar-refractivity contribution in [1.29, 1.82) is 0 Å². The standard InChI is InChI=1S/C17H23N5O3/c1-24-14-7-6-13(10-15(14)25-2)11-18-16(23)17(8-4-3-5-9-17)22-12-19-20-21-22/h6-7,10,12H,3-5,8-9,11H2,1-2H3,(H,18,23). The molecule has 0 unspecified atom stereocenters. The molecule has 2 aromatic rings. The van der Waals surface area contributed by atoms with Gasteiger partial charge in [0.15, 0.2) is 11.5 Å². The van der Waals surface area contributed by atoms with Gasteiger partial charge in [0.05, 0.1) is 14.2 Å². The number of amides is 1. The van der Waals surface area contributed by atoms with Crippen LogP contribution in [0.3, 0.4) is 0 Å². The zero-order valence-corrected chi connectivity index (χ0v) is 14.6. The minimum Gasteiger partial charge on any atom is -0.493 e. The van der Waals surface area contributed by atoms with Crippen molar-refractivity contribution in [3.8, 4) is 11.5 Å². The Labute approximate surface area is 146 Å². The van der Waals surface area contributed by atoms with E-state index in [1.54, 1.807) is 18.9 Å². The number of aromatic nitrogens is 4. The summed E-state index contributed by atoms with van der Waals surface area (Å²) < 4.78 is 12.2. The van der Waals surface area contributed by atoms with Crippen molar-refractivity contribution in [3.05, 3.63) is 30.1 Å². The maximum absolute atomic E-state index is 13.0. The number of tetrazole rings is 1. The highest BCUT2D eigenvalue weighted by molar-refractivity contribution is 5.84. The van der Waals surface area contributed by atoms with E-state index in [0.717, 1.165) is 37.7 Å². The molecule has 1 aromatic carbocycles. The Hall–Kier alpha value is -2.64. The number of carbonyl (C=O) groups is 1. The van der Waals surface area contributed by atoms with Crippen LogP contribution in [-0.4, -0.2) is 40.3 Å². The van der Waals surface area contributed by atoms with Crippen LogP contribution < -0.4 is 14.8 Å². The number of hydrogen-bond donors (Lipinski definition) is 1. The molecule has 8 nitrogen and oxygen atoms in total. The van der Waals surface area contributed by atoms with Crippen LogP contribution in [0.5, 0.6) is 11.5 Å². The fourth-order valence-electron chi connectivity index (χ4n) is 3.39. The molecule has 0 saturated heterocycles. The molecule has 1 aliphatic carbocycles. The molecule has 1 amide bonds. The van der Waals surface area contributed by atoms with Crippen molar-refractivity contribution in [1.82, 2.24) is 25.5 Å². The zero-order chi connectivity index (χ0) is 17.7. The number of rotatable bonds is 6. The summed E-state index contributed by atoms with van der Waals surface area (Å²) in [4.78, 5) is 13.0. The second-order valence-corrected chi connectivity index (χ2v) is 6.22. The summed E-state index contributed by atoms with van der Waals surface area (Å²) in [7, 11) is 3.19. The van der Waals surface area contributed by atoms with E-state index >= 15 is 0 Å². The van der Waals surface area contributed by atoms with Crippen LogP contribution in [0, 0.1) is 0 Å². The summed E-state index contributed by atoms with van der Waals surface area (Å²) in [6.07, 6.45) is 6.13. The SMILES string of the molecule is COc1ccc(CNC(=O)C2(n3cnnn3)CCCCC2)cc1OC. The van der Waals surface area contributed by atoms with Crippen molar-refractivity contribution >= 4 is 5.91 Å². The first-order chi connectivity index (χ1) is 12.2. The molecule has 0 radical (unpaired) electrons. The topological polar surface area (TPSA) is 91.2 Å². The molecule has 8 heteroatoms. The molecule has 0 spiro atoms. The molecule has 1 aromatic heterocycles. The van der Waals surface area contributed by atoms with Gasteiger partial charge in [-0.15, -0.1) is 5.10 Å². The summed E-state index contributed by atoms with van der Waals surface area (Å²) in [5.74, 6) is 1.26. The van der Waals surface area contributed by atoms with Gasteiger partial charge in [0.1, 0.15) is 11.9 Å². The summed E-state index contributed by atoms with van der Waals surface area (Å²) in [6, 6.07) is 5.61. The lowest BCUT2D eigenvalue weighted by Crippen LogP contribution is -2.50. The van der Waals surface area contributed by atoms with Crippen LogP contribution in [0.2, 0.25) is 0 Å². The lowest BCUT2D eigenvalue weighted by molar-refractivity contribution is -0.132. The van der Waals surface area contributed by atoms with Crippen molar-refractivity contribution in [2.75, 3.05) is 14.2 Å². The highest BCUT2D eigenvalue weighted by Gasteiger charge is 2.42. The van der Waals surface area contributed by atoms with Gasteiger partial charge in [0.25, 0.3) is 0 Å². The van der Waals surface area contributed by atoms with Crippen molar-refractivity contribution in [3.63, 3.8) is 0 Å². The van der Waals surface area contributed by atoms with Crippen molar-refractivity contribution in [2.45, 2.75) is 44.2 Å². The van der Waals surface area contributed by atoms with Crippen LogP contribution in [0.4, 0.5) is 0 Å². The summed E-state index contributed by atoms with van der Waals surface area (Å²) in [5.41, 5.74) is 0.242. The number of methoxy groups -OCH3 is 2. The Bertz CT molecular complexity index is 711. The second kappa shape index (κ2) is 7.50. The first-order valence-electron chi connectivity index (χ1n) is 8.42. The molecule has 1 heterocycles. The minimum absolute atomic E-state index is 0.0470. The summed E-state index contributed by atoms with van der Waals surface area (Å²) in [5, 5.41) is 14.4. The molecule has 0 bridgehead atoms. The van der Waals surface area contributed by atoms with E-state index < -0.39 is 5.54 Å². The monoisotopic (exact) mass is 345 g/mol. The minimum atomic E-state index is -0.696. The Balaban J connectivity index is 1.74. The fraction of sp³-hybridized carbons (Fsp3) is 0.529. The Morgan fingerprint density at radius 3 is 2.60 bits per heavy atom. The van der Waals surface area contributed by atoms with Gasteiger partial charge in [-0.25, -0.2) is 4.68 Å². The molecule has 25 heavy (non-hydrogen) atoms. The number of nitrogens with one attached hydrogen (secondary N) is 1. The van der Waals surface area contributed by atoms with E-state index in [1.807, 2.05) is 18.2 Å². The van der Waals surface area contributed by atoms with Crippen LogP contribution in [0.1, 0.15) is 37.7 Å². The third-order valence-electron chi connectivity index (χ3n) is 4.79. The Morgan fingerprint density at radius 1 is 1.20 bits per heavy atom. The molecular weight excluding hydrogens is 322 g/mol. The quantitative estimate of drug-likeness (QED) is 0.856. The van der Waals surface area contributed by atoms with Gasteiger partial charge in [-0.2, -0.15) is 0 Å². The van der Waals surface area contributed by atoms with Gasteiger partial charge in [-0.05, 0) is 41.0 Å². The largest absolute Gasteiger partial charge is 0.493 e. The second-order valence-electron chi connectivity index (χ2n) is 6.22. The van der Waals surface area contributed by atoms with Gasteiger partial charge in [-0.3, -0.25) is 4.79 Å². The number of benzene rings is 1. The lowest BCUT2D eigenvalue weighted by atomic mass is 9.81. The van der Waals surface area contributed by atoms with E-state index in [1.165, 1.54) is 6.33 Å². The highest BCUT2D eigenvalue weighted by Crippen LogP contribution is 2.34. The van der Waals surface area contributed by atoms with E-state index in [4.69, 9.17) is 9.47 Å². The van der Waals surface area contributed by atoms with Crippen LogP contribution in [-0.2, 0) is 16.9 Å². The van der Waals surface area contributed by atoms with Gasteiger partial charge in [0, 0.05) is 6.54 Å². The van der Waals surface area contributed by atoms with Gasteiger partial charge in [0.2, 0.25) is 5.91 Å². The maximum Gasteiger partial charge on any atom is 0.248 e. The number of hydrogen-bond acceptors (Lipinski definition) is 6. The molecule has 1 fully saturated rings. The van der Waals surface area contributed by atoms with Crippen LogP contribution in [0.15, 0.2) is 24.5 Å². The van der Waals surface area contributed by atoms with E-state index in [0.29, 0.717) is 18.0 Å². The first kappa shape index (κ1) is 17.2. The third-order valence-corrected chi connectivity index (χ3v) is 4.79. The molecule has 3 rings (SSSR count). The van der Waals surface area contributed by atoms with Crippen LogP contribution in [0.25, 0.3) is 0 Å². The van der Waals surface area contributed by atoms with E-state index in [2.05, 4.69) is 20.8 Å². The molecule has 0 atom stereocenters. The maximum atomic E-state index is 13.0. The fourth-order valence-corrected chi connectivity index (χ4v) is 3.39. The first-order valence-corrected chi connectivity index (χ1v) is 8.42. The normalized spacial score (nSPS) is 16.2. The van der Waals surface area contributed by atoms with Gasteiger partial charge >= 0.3 is 0 Å².